The van der Waals surface area contributed by atoms with E-state index in [4.69, 9.17) is 5.73 Å². The summed E-state index contributed by atoms with van der Waals surface area (Å²) in [6.07, 6.45) is 1.58. The third-order valence-corrected chi connectivity index (χ3v) is 1.40. The Labute approximate surface area is 77.4 Å². The van der Waals surface area contributed by atoms with E-state index < -0.39 is 11.9 Å². The van der Waals surface area contributed by atoms with E-state index in [2.05, 4.69) is 17.2 Å². The van der Waals surface area contributed by atoms with E-state index in [1.807, 2.05) is 0 Å². The predicted molar refractivity (Wildman–Crippen MR) is 49.9 cm³/mol. The van der Waals surface area contributed by atoms with Crippen molar-refractivity contribution in [3.8, 4) is 0 Å². The average Bonchev–Trinajstić information content (AvgIpc) is 2.10. The molecule has 5 nitrogen and oxygen atoms in total. The van der Waals surface area contributed by atoms with Crippen molar-refractivity contribution in [2.24, 2.45) is 5.73 Å². The fourth-order valence-electron chi connectivity index (χ4n) is 0.672. The molecule has 1 atom stereocenters. The van der Waals surface area contributed by atoms with Crippen LogP contribution in [0.5, 0.6) is 0 Å². The largest absolute Gasteiger partial charge is 0.369 e. The molecule has 0 aromatic rings. The molecular weight excluding hydrogens is 170 g/mol. The summed E-state index contributed by atoms with van der Waals surface area (Å²) in [5, 5.41) is 5.25. The Bertz CT molecular complexity index is 204. The number of hydrogen-bond acceptors (Lipinski definition) is 3. The van der Waals surface area contributed by atoms with Crippen LogP contribution in [0, 0.1) is 0 Å². The summed E-state index contributed by atoms with van der Waals surface area (Å²) in [7, 11) is 0. The first-order valence-corrected chi connectivity index (χ1v) is 3.98. The summed E-state index contributed by atoms with van der Waals surface area (Å²) < 4.78 is 0. The number of rotatable bonds is 6. The minimum atomic E-state index is -0.483. The van der Waals surface area contributed by atoms with Crippen LogP contribution in [-0.2, 0) is 9.59 Å². The van der Waals surface area contributed by atoms with Gasteiger partial charge in [0, 0.05) is 6.54 Å². The molecule has 0 fully saturated rings. The standard InChI is InChI=1S/C8H15N3O2/c1-3-4-10-8(13)6(2)11-5-7(9)12/h3,6,11H,1,4-5H2,2H3,(H2,9,12)(H,10,13). The second-order valence-electron chi connectivity index (χ2n) is 2.60. The zero-order chi connectivity index (χ0) is 10.3. The SMILES string of the molecule is C=CCNC(=O)C(C)NCC(N)=O. The van der Waals surface area contributed by atoms with Crippen LogP contribution in [0.25, 0.3) is 0 Å². The Balaban J connectivity index is 3.68. The van der Waals surface area contributed by atoms with Crippen molar-refractivity contribution in [1.82, 2.24) is 10.6 Å². The van der Waals surface area contributed by atoms with Gasteiger partial charge in [0.2, 0.25) is 11.8 Å². The van der Waals surface area contributed by atoms with Crippen LogP contribution in [0.1, 0.15) is 6.92 Å². The lowest BCUT2D eigenvalue weighted by Gasteiger charge is -2.11. The highest BCUT2D eigenvalue weighted by Gasteiger charge is 2.10. The molecule has 0 aliphatic carbocycles. The lowest BCUT2D eigenvalue weighted by molar-refractivity contribution is -0.122. The van der Waals surface area contributed by atoms with Crippen LogP contribution in [0.2, 0.25) is 0 Å². The monoisotopic (exact) mass is 185 g/mol. The van der Waals surface area contributed by atoms with Crippen LogP contribution < -0.4 is 16.4 Å². The smallest absolute Gasteiger partial charge is 0.237 e. The molecular formula is C8H15N3O2. The third kappa shape index (κ3) is 5.86. The fourth-order valence-corrected chi connectivity index (χ4v) is 0.672. The van der Waals surface area contributed by atoms with Gasteiger partial charge in [0.15, 0.2) is 0 Å². The summed E-state index contributed by atoms with van der Waals surface area (Å²) in [6.45, 7) is 5.53. The highest BCUT2D eigenvalue weighted by molar-refractivity contribution is 5.82. The Kier molecular flexibility index (Phi) is 5.54. The molecule has 0 bridgehead atoms. The molecule has 0 aromatic carbocycles. The second-order valence-corrected chi connectivity index (χ2v) is 2.60. The first-order chi connectivity index (χ1) is 6.07. The molecule has 4 N–H and O–H groups in total. The number of nitrogens with two attached hydrogens (primary N) is 1. The Morgan fingerprint density at radius 2 is 2.23 bits per heavy atom. The van der Waals surface area contributed by atoms with Gasteiger partial charge in [-0.05, 0) is 6.92 Å². The lowest BCUT2D eigenvalue weighted by Crippen LogP contribution is -2.45. The fraction of sp³-hybridized carbons (Fsp3) is 0.500. The topological polar surface area (TPSA) is 84.2 Å². The summed E-state index contributed by atoms with van der Waals surface area (Å²) >= 11 is 0. The van der Waals surface area contributed by atoms with Crippen molar-refractivity contribution in [1.29, 1.82) is 0 Å². The predicted octanol–water partition coefficient (Wildman–Crippen LogP) is -1.25. The molecule has 0 saturated heterocycles. The van der Waals surface area contributed by atoms with Gasteiger partial charge in [-0.2, -0.15) is 0 Å². The Morgan fingerprint density at radius 3 is 2.69 bits per heavy atom. The highest BCUT2D eigenvalue weighted by Crippen LogP contribution is 1.80. The van der Waals surface area contributed by atoms with Crippen LogP contribution in [0.4, 0.5) is 0 Å². The van der Waals surface area contributed by atoms with Crippen molar-refractivity contribution in [3.63, 3.8) is 0 Å². The first-order valence-electron chi connectivity index (χ1n) is 3.98. The summed E-state index contributed by atoms with van der Waals surface area (Å²) in [4.78, 5) is 21.5. The maximum Gasteiger partial charge on any atom is 0.237 e. The quantitative estimate of drug-likeness (QED) is 0.452. The Morgan fingerprint density at radius 1 is 1.62 bits per heavy atom. The van der Waals surface area contributed by atoms with E-state index in [0.717, 1.165) is 0 Å². The minimum absolute atomic E-state index is 0.00265. The van der Waals surface area contributed by atoms with Crippen molar-refractivity contribution in [2.45, 2.75) is 13.0 Å². The summed E-state index contributed by atoms with van der Waals surface area (Å²) in [5.41, 5.74) is 4.89. The van der Waals surface area contributed by atoms with Gasteiger partial charge in [-0.15, -0.1) is 6.58 Å². The molecule has 5 heteroatoms. The molecule has 0 spiro atoms. The number of nitrogens with one attached hydrogen (secondary N) is 2. The van der Waals surface area contributed by atoms with Crippen LogP contribution in [0.15, 0.2) is 12.7 Å². The van der Waals surface area contributed by atoms with Crippen LogP contribution in [0.3, 0.4) is 0 Å². The molecule has 13 heavy (non-hydrogen) atoms. The van der Waals surface area contributed by atoms with Crippen molar-refractivity contribution in [3.05, 3.63) is 12.7 Å². The third-order valence-electron chi connectivity index (χ3n) is 1.40. The molecule has 0 rings (SSSR count). The second kappa shape index (κ2) is 6.19. The van der Waals surface area contributed by atoms with E-state index in [1.165, 1.54) is 0 Å². The molecule has 74 valence electrons. The highest BCUT2D eigenvalue weighted by atomic mass is 16.2. The zero-order valence-electron chi connectivity index (χ0n) is 7.67. The maximum absolute atomic E-state index is 11.1. The van der Waals surface area contributed by atoms with Gasteiger partial charge in [0.25, 0.3) is 0 Å². The molecule has 0 aliphatic rings. The summed E-state index contributed by atoms with van der Waals surface area (Å²) in [6, 6.07) is -0.424. The lowest BCUT2D eigenvalue weighted by atomic mass is 10.3. The number of carbonyl (C=O) groups excluding carboxylic acids is 2. The van der Waals surface area contributed by atoms with E-state index in [0.29, 0.717) is 6.54 Å². The van der Waals surface area contributed by atoms with Gasteiger partial charge in [0.1, 0.15) is 0 Å². The van der Waals surface area contributed by atoms with E-state index >= 15 is 0 Å². The Hall–Kier alpha value is -1.36. The van der Waals surface area contributed by atoms with Crippen LogP contribution >= 0.6 is 0 Å². The van der Waals surface area contributed by atoms with Gasteiger partial charge >= 0.3 is 0 Å². The van der Waals surface area contributed by atoms with Crippen LogP contribution in [-0.4, -0.2) is 30.9 Å². The molecule has 1 unspecified atom stereocenters. The summed E-state index contributed by atoms with van der Waals surface area (Å²) in [5.74, 6) is -0.662. The van der Waals surface area contributed by atoms with Gasteiger partial charge in [0.05, 0.1) is 12.6 Å². The first kappa shape index (κ1) is 11.6. The zero-order valence-corrected chi connectivity index (χ0v) is 7.67. The molecule has 2 amide bonds. The molecule has 0 radical (unpaired) electrons. The van der Waals surface area contributed by atoms with Gasteiger partial charge in [-0.1, -0.05) is 6.08 Å². The number of carbonyl (C=O) groups is 2. The number of hydrogen-bond donors (Lipinski definition) is 3. The van der Waals surface area contributed by atoms with Gasteiger partial charge in [-0.25, -0.2) is 0 Å². The van der Waals surface area contributed by atoms with Crippen molar-refractivity contribution < 1.29 is 9.59 Å². The average molecular weight is 185 g/mol. The van der Waals surface area contributed by atoms with E-state index in [1.54, 1.807) is 13.0 Å². The van der Waals surface area contributed by atoms with Gasteiger partial charge in [-0.3, -0.25) is 14.9 Å². The van der Waals surface area contributed by atoms with Crippen molar-refractivity contribution >= 4 is 11.8 Å². The molecule has 0 heterocycles. The normalized spacial score (nSPS) is 11.8. The minimum Gasteiger partial charge on any atom is -0.369 e. The maximum atomic E-state index is 11.1. The number of primary amides is 1. The number of amides is 2. The molecule has 0 aliphatic heterocycles. The van der Waals surface area contributed by atoms with Gasteiger partial charge < -0.3 is 11.1 Å². The molecule has 0 aromatic heterocycles. The van der Waals surface area contributed by atoms with E-state index in [-0.39, 0.29) is 12.5 Å². The van der Waals surface area contributed by atoms with E-state index in [9.17, 15) is 9.59 Å². The van der Waals surface area contributed by atoms with Crippen molar-refractivity contribution in [2.75, 3.05) is 13.1 Å². The molecule has 0 saturated carbocycles.